The summed E-state index contributed by atoms with van der Waals surface area (Å²) in [6, 6.07) is 5.58. The molecule has 3 rings (SSSR count). The topological polar surface area (TPSA) is 36.9 Å². The molecule has 104 valence electrons. The fourth-order valence-corrected chi connectivity index (χ4v) is 2.50. The van der Waals surface area contributed by atoms with Gasteiger partial charge in [0, 0.05) is 12.2 Å². The molecule has 1 unspecified atom stereocenters. The fraction of sp³-hybridized carbons (Fsp3) is 0.571. The summed E-state index contributed by atoms with van der Waals surface area (Å²) < 4.78 is 22.0. The van der Waals surface area contributed by atoms with Crippen LogP contribution in [0.1, 0.15) is 31.6 Å². The van der Waals surface area contributed by atoms with Crippen LogP contribution in [-0.4, -0.2) is 25.6 Å². The van der Waals surface area contributed by atoms with E-state index in [9.17, 15) is 0 Å². The van der Waals surface area contributed by atoms with Gasteiger partial charge in [-0.15, -0.1) is 0 Å². The van der Waals surface area contributed by atoms with Crippen molar-refractivity contribution in [3.63, 3.8) is 0 Å². The van der Waals surface area contributed by atoms with Crippen LogP contribution < -0.4 is 4.74 Å². The van der Waals surface area contributed by atoms with Gasteiger partial charge in [0.25, 0.3) is 0 Å². The van der Waals surface area contributed by atoms with Gasteiger partial charge in [-0.1, -0.05) is 17.7 Å². The number of ether oxygens (including phenoxy) is 4. The standard InChI is InChI=1S/C14H17ClO4/c1-9-18-14(19-9)10-4-5-13(12(15)7-10)17-8-11-3-2-6-16-11/h4-5,7,9,11,14H,2-3,6,8H2,1H3. The molecule has 2 aliphatic heterocycles. The average molecular weight is 285 g/mol. The van der Waals surface area contributed by atoms with Crippen LogP contribution in [0, 0.1) is 0 Å². The number of hydrogen-bond acceptors (Lipinski definition) is 4. The normalized spacial score (nSPS) is 30.1. The SMILES string of the molecule is CC1OC(c2ccc(OCC3CCCO3)c(Cl)c2)O1. The fourth-order valence-electron chi connectivity index (χ4n) is 2.25. The van der Waals surface area contributed by atoms with Crippen molar-refractivity contribution in [2.45, 2.75) is 38.4 Å². The van der Waals surface area contributed by atoms with Crippen molar-refractivity contribution < 1.29 is 18.9 Å². The predicted molar refractivity (Wildman–Crippen MR) is 70.3 cm³/mol. The number of rotatable bonds is 4. The number of benzene rings is 1. The molecule has 1 atom stereocenters. The smallest absolute Gasteiger partial charge is 0.189 e. The maximum absolute atomic E-state index is 6.20. The zero-order valence-corrected chi connectivity index (χ0v) is 11.6. The highest BCUT2D eigenvalue weighted by atomic mass is 35.5. The van der Waals surface area contributed by atoms with Gasteiger partial charge < -0.3 is 18.9 Å². The summed E-state index contributed by atoms with van der Waals surface area (Å²) in [4.78, 5) is 0. The minimum atomic E-state index is -0.306. The summed E-state index contributed by atoms with van der Waals surface area (Å²) in [6.45, 7) is 3.24. The maximum Gasteiger partial charge on any atom is 0.189 e. The predicted octanol–water partition coefficient (Wildman–Crippen LogP) is 3.29. The molecular weight excluding hydrogens is 268 g/mol. The highest BCUT2D eigenvalue weighted by molar-refractivity contribution is 6.32. The number of hydrogen-bond donors (Lipinski definition) is 0. The zero-order chi connectivity index (χ0) is 13.2. The van der Waals surface area contributed by atoms with Crippen molar-refractivity contribution in [2.75, 3.05) is 13.2 Å². The Morgan fingerprint density at radius 2 is 2.21 bits per heavy atom. The summed E-state index contributed by atoms with van der Waals surface area (Å²) >= 11 is 6.20. The van der Waals surface area contributed by atoms with Crippen molar-refractivity contribution in [2.24, 2.45) is 0 Å². The van der Waals surface area contributed by atoms with E-state index in [1.807, 2.05) is 25.1 Å². The zero-order valence-electron chi connectivity index (χ0n) is 10.8. The molecule has 0 aliphatic carbocycles. The Labute approximate surface area is 117 Å². The summed E-state index contributed by atoms with van der Waals surface area (Å²) in [5, 5.41) is 0.572. The van der Waals surface area contributed by atoms with Gasteiger partial charge in [-0.05, 0) is 31.9 Å². The Balaban J connectivity index is 1.59. The van der Waals surface area contributed by atoms with E-state index in [0.717, 1.165) is 25.0 Å². The lowest BCUT2D eigenvalue weighted by molar-refractivity contribution is -0.382. The number of halogens is 1. The molecule has 0 spiro atoms. The minimum absolute atomic E-state index is 0.140. The molecule has 2 fully saturated rings. The average Bonchev–Trinajstić information content (AvgIpc) is 2.86. The Bertz CT molecular complexity index is 439. The van der Waals surface area contributed by atoms with Crippen LogP contribution in [0.15, 0.2) is 18.2 Å². The van der Waals surface area contributed by atoms with Gasteiger partial charge in [0.1, 0.15) is 12.4 Å². The third kappa shape index (κ3) is 3.03. The molecule has 2 heterocycles. The first-order valence-electron chi connectivity index (χ1n) is 6.57. The lowest BCUT2D eigenvalue weighted by atomic mass is 10.2. The van der Waals surface area contributed by atoms with Crippen LogP contribution >= 0.6 is 11.6 Å². The van der Waals surface area contributed by atoms with Crippen LogP contribution in [0.4, 0.5) is 0 Å². The Morgan fingerprint density at radius 3 is 2.84 bits per heavy atom. The molecule has 0 bridgehead atoms. The first-order valence-corrected chi connectivity index (χ1v) is 6.95. The lowest BCUT2D eigenvalue weighted by Gasteiger charge is -2.34. The van der Waals surface area contributed by atoms with E-state index in [2.05, 4.69) is 0 Å². The van der Waals surface area contributed by atoms with E-state index in [4.69, 9.17) is 30.5 Å². The molecular formula is C14H17ClO4. The van der Waals surface area contributed by atoms with Gasteiger partial charge in [0.05, 0.1) is 11.1 Å². The minimum Gasteiger partial charge on any atom is -0.489 e. The molecule has 0 aromatic heterocycles. The van der Waals surface area contributed by atoms with Gasteiger partial charge in [-0.2, -0.15) is 0 Å². The quantitative estimate of drug-likeness (QED) is 0.850. The van der Waals surface area contributed by atoms with Crippen molar-refractivity contribution in [1.29, 1.82) is 0 Å². The van der Waals surface area contributed by atoms with Crippen molar-refractivity contribution >= 4 is 11.6 Å². The van der Waals surface area contributed by atoms with Crippen molar-refractivity contribution in [3.8, 4) is 5.75 Å². The first-order chi connectivity index (χ1) is 9.22. The second kappa shape index (κ2) is 5.67. The Morgan fingerprint density at radius 1 is 1.37 bits per heavy atom. The molecule has 5 heteroatoms. The van der Waals surface area contributed by atoms with E-state index < -0.39 is 0 Å². The van der Waals surface area contributed by atoms with Crippen molar-refractivity contribution in [3.05, 3.63) is 28.8 Å². The van der Waals surface area contributed by atoms with Gasteiger partial charge in [-0.3, -0.25) is 0 Å². The van der Waals surface area contributed by atoms with Crippen LogP contribution in [-0.2, 0) is 14.2 Å². The molecule has 1 aromatic rings. The van der Waals surface area contributed by atoms with Gasteiger partial charge in [0.15, 0.2) is 12.6 Å². The lowest BCUT2D eigenvalue weighted by Crippen LogP contribution is -2.31. The molecule has 2 saturated heterocycles. The Hall–Kier alpha value is -0.810. The second-order valence-corrected chi connectivity index (χ2v) is 5.21. The highest BCUT2D eigenvalue weighted by Gasteiger charge is 2.28. The summed E-state index contributed by atoms with van der Waals surface area (Å²) in [5.74, 6) is 0.674. The summed E-state index contributed by atoms with van der Waals surface area (Å²) in [5.41, 5.74) is 0.910. The van der Waals surface area contributed by atoms with E-state index in [1.54, 1.807) is 0 Å². The largest absolute Gasteiger partial charge is 0.489 e. The maximum atomic E-state index is 6.20. The van der Waals surface area contributed by atoms with Gasteiger partial charge >= 0.3 is 0 Å². The van der Waals surface area contributed by atoms with Gasteiger partial charge in [0.2, 0.25) is 0 Å². The molecule has 2 aliphatic rings. The summed E-state index contributed by atoms with van der Waals surface area (Å²) in [6.07, 6.45) is 1.90. The monoisotopic (exact) mass is 284 g/mol. The van der Waals surface area contributed by atoms with E-state index in [-0.39, 0.29) is 18.7 Å². The Kier molecular flexibility index (Phi) is 3.93. The highest BCUT2D eigenvalue weighted by Crippen LogP contribution is 2.35. The van der Waals surface area contributed by atoms with E-state index in [1.165, 1.54) is 0 Å². The molecule has 4 nitrogen and oxygen atoms in total. The molecule has 19 heavy (non-hydrogen) atoms. The molecule has 0 saturated carbocycles. The third-order valence-electron chi connectivity index (χ3n) is 3.31. The summed E-state index contributed by atoms with van der Waals surface area (Å²) in [7, 11) is 0. The van der Waals surface area contributed by atoms with Crippen LogP contribution in [0.3, 0.4) is 0 Å². The second-order valence-electron chi connectivity index (χ2n) is 4.81. The van der Waals surface area contributed by atoms with Crippen LogP contribution in [0.2, 0.25) is 5.02 Å². The van der Waals surface area contributed by atoms with Crippen LogP contribution in [0.5, 0.6) is 5.75 Å². The van der Waals surface area contributed by atoms with Crippen LogP contribution in [0.25, 0.3) is 0 Å². The molecule has 1 aromatic carbocycles. The van der Waals surface area contributed by atoms with Gasteiger partial charge in [-0.25, -0.2) is 0 Å². The molecule has 0 amide bonds. The van der Waals surface area contributed by atoms with E-state index in [0.29, 0.717) is 17.4 Å². The van der Waals surface area contributed by atoms with Crippen molar-refractivity contribution in [1.82, 2.24) is 0 Å². The third-order valence-corrected chi connectivity index (χ3v) is 3.60. The van der Waals surface area contributed by atoms with E-state index >= 15 is 0 Å². The molecule has 0 N–H and O–H groups in total. The molecule has 0 radical (unpaired) electrons. The first kappa shape index (κ1) is 13.2.